The first-order valence-electron chi connectivity index (χ1n) is 8.90. The molecule has 0 aromatic heterocycles. The monoisotopic (exact) mass is 384 g/mol. The Hall–Kier alpha value is -3.20. The summed E-state index contributed by atoms with van der Waals surface area (Å²) in [5.41, 5.74) is 0.911. The molecule has 2 aromatic rings. The molecule has 0 spiro atoms. The van der Waals surface area contributed by atoms with Crippen LogP contribution in [0.25, 0.3) is 0 Å². The molecular weight excluding hydrogens is 363 g/mol. The van der Waals surface area contributed by atoms with Crippen LogP contribution >= 0.6 is 0 Å². The lowest BCUT2D eigenvalue weighted by atomic mass is 9.96. The predicted molar refractivity (Wildman–Crippen MR) is 101 cm³/mol. The molecule has 0 N–H and O–H groups in total. The number of methoxy groups -OCH3 is 1. The van der Waals surface area contributed by atoms with Crippen LogP contribution in [-0.4, -0.2) is 32.4 Å². The van der Waals surface area contributed by atoms with E-state index in [4.69, 9.17) is 18.9 Å². The second kappa shape index (κ2) is 9.14. The quantitative estimate of drug-likeness (QED) is 0.561. The number of esters is 1. The van der Waals surface area contributed by atoms with Crippen LogP contribution in [0, 0.1) is 17.7 Å². The molecule has 0 saturated heterocycles. The number of benzene rings is 2. The van der Waals surface area contributed by atoms with Crippen molar-refractivity contribution < 1.29 is 28.1 Å². The smallest absolute Gasteiger partial charge is 0.307 e. The molecule has 0 unspecified atom stereocenters. The van der Waals surface area contributed by atoms with Crippen molar-refractivity contribution in [2.45, 2.75) is 25.4 Å². The van der Waals surface area contributed by atoms with Crippen LogP contribution < -0.4 is 14.2 Å². The molecule has 0 fully saturated rings. The minimum atomic E-state index is -0.379. The third-order valence-electron chi connectivity index (χ3n) is 4.26. The van der Waals surface area contributed by atoms with E-state index in [0.717, 1.165) is 5.56 Å². The van der Waals surface area contributed by atoms with Crippen molar-refractivity contribution in [2.24, 2.45) is 0 Å². The molecule has 1 heterocycles. The largest absolute Gasteiger partial charge is 0.490 e. The number of fused-ring (bicyclic) bond motifs is 1. The Balaban J connectivity index is 1.58. The van der Waals surface area contributed by atoms with Crippen molar-refractivity contribution in [1.82, 2.24) is 0 Å². The van der Waals surface area contributed by atoms with Crippen LogP contribution in [0.15, 0.2) is 42.5 Å². The van der Waals surface area contributed by atoms with Crippen LogP contribution in [0.5, 0.6) is 17.2 Å². The van der Waals surface area contributed by atoms with Crippen LogP contribution in [0.1, 0.15) is 24.8 Å². The second-order valence-electron chi connectivity index (χ2n) is 6.25. The highest BCUT2D eigenvalue weighted by atomic mass is 19.1. The van der Waals surface area contributed by atoms with E-state index in [1.807, 2.05) is 24.3 Å². The molecule has 3 rings (SSSR count). The van der Waals surface area contributed by atoms with Gasteiger partial charge >= 0.3 is 5.97 Å². The standard InChI is InChI=1S/C22H21FO5/c1-3-4-16(11-22(24)25-2)15-5-8-18(9-6-15)26-13-19-14-27-20-10-7-17(23)12-21(20)28-19/h5-10,12,16,19H,11,13-14H2,1-2H3/t16-,19-/m0/s1. The average Bonchev–Trinajstić information content (AvgIpc) is 2.72. The van der Waals surface area contributed by atoms with Gasteiger partial charge in [-0.15, -0.1) is 5.92 Å². The van der Waals surface area contributed by atoms with Crippen LogP contribution in [0.2, 0.25) is 0 Å². The van der Waals surface area contributed by atoms with Gasteiger partial charge in [0.15, 0.2) is 17.6 Å². The van der Waals surface area contributed by atoms with E-state index in [1.54, 1.807) is 13.0 Å². The zero-order valence-corrected chi connectivity index (χ0v) is 15.7. The summed E-state index contributed by atoms with van der Waals surface area (Å²) in [4.78, 5) is 11.6. The first-order chi connectivity index (χ1) is 13.6. The van der Waals surface area contributed by atoms with E-state index < -0.39 is 0 Å². The molecule has 1 aliphatic heterocycles. The van der Waals surface area contributed by atoms with E-state index in [1.165, 1.54) is 19.2 Å². The maximum absolute atomic E-state index is 13.3. The van der Waals surface area contributed by atoms with Gasteiger partial charge in [0.1, 0.15) is 24.8 Å². The average molecular weight is 384 g/mol. The van der Waals surface area contributed by atoms with Gasteiger partial charge in [0, 0.05) is 6.07 Å². The third kappa shape index (κ3) is 4.95. The number of carbonyl (C=O) groups excluding carboxylic acids is 1. The molecule has 146 valence electrons. The topological polar surface area (TPSA) is 54.0 Å². The number of carbonyl (C=O) groups is 1. The molecular formula is C22H21FO5. The molecule has 2 atom stereocenters. The second-order valence-corrected chi connectivity index (χ2v) is 6.25. The molecule has 28 heavy (non-hydrogen) atoms. The first-order valence-corrected chi connectivity index (χ1v) is 8.90. The Morgan fingerprint density at radius 1 is 1.25 bits per heavy atom. The highest BCUT2D eigenvalue weighted by molar-refractivity contribution is 5.71. The minimum absolute atomic E-state index is 0.195. The van der Waals surface area contributed by atoms with E-state index in [2.05, 4.69) is 11.8 Å². The fraction of sp³-hybridized carbons (Fsp3) is 0.318. The Labute approximate surface area is 163 Å². The van der Waals surface area contributed by atoms with Crippen LogP contribution in [-0.2, 0) is 9.53 Å². The molecule has 5 nitrogen and oxygen atoms in total. The van der Waals surface area contributed by atoms with Gasteiger partial charge < -0.3 is 18.9 Å². The number of ether oxygens (including phenoxy) is 4. The van der Waals surface area contributed by atoms with Gasteiger partial charge in [0.25, 0.3) is 0 Å². The Morgan fingerprint density at radius 3 is 2.75 bits per heavy atom. The zero-order valence-electron chi connectivity index (χ0n) is 15.7. The Bertz CT molecular complexity index is 882. The van der Waals surface area contributed by atoms with Crippen molar-refractivity contribution in [1.29, 1.82) is 0 Å². The number of halogens is 1. The van der Waals surface area contributed by atoms with Crippen molar-refractivity contribution in [3.63, 3.8) is 0 Å². The van der Waals surface area contributed by atoms with Gasteiger partial charge in [-0.3, -0.25) is 4.79 Å². The summed E-state index contributed by atoms with van der Waals surface area (Å²) in [6, 6.07) is 11.5. The Morgan fingerprint density at radius 2 is 2.04 bits per heavy atom. The van der Waals surface area contributed by atoms with Crippen LogP contribution in [0.3, 0.4) is 0 Å². The van der Waals surface area contributed by atoms with Crippen LogP contribution in [0.4, 0.5) is 4.39 Å². The van der Waals surface area contributed by atoms with Crippen molar-refractivity contribution in [3.05, 3.63) is 53.8 Å². The minimum Gasteiger partial charge on any atom is -0.490 e. The highest BCUT2D eigenvalue weighted by Gasteiger charge is 2.22. The van der Waals surface area contributed by atoms with Gasteiger partial charge in [-0.05, 0) is 36.8 Å². The summed E-state index contributed by atoms with van der Waals surface area (Å²) >= 11 is 0. The normalized spacial score (nSPS) is 15.8. The zero-order chi connectivity index (χ0) is 19.9. The van der Waals surface area contributed by atoms with E-state index >= 15 is 0 Å². The molecule has 0 saturated carbocycles. The fourth-order valence-electron chi connectivity index (χ4n) is 2.83. The molecule has 2 aromatic carbocycles. The molecule has 0 radical (unpaired) electrons. The summed E-state index contributed by atoms with van der Waals surface area (Å²) in [7, 11) is 1.36. The van der Waals surface area contributed by atoms with Crippen molar-refractivity contribution in [3.8, 4) is 29.1 Å². The van der Waals surface area contributed by atoms with Crippen molar-refractivity contribution in [2.75, 3.05) is 20.3 Å². The number of hydrogen-bond acceptors (Lipinski definition) is 5. The molecule has 0 amide bonds. The van der Waals surface area contributed by atoms with E-state index in [0.29, 0.717) is 23.9 Å². The number of hydrogen-bond donors (Lipinski definition) is 0. The van der Waals surface area contributed by atoms with E-state index in [9.17, 15) is 9.18 Å². The summed E-state index contributed by atoms with van der Waals surface area (Å²) in [5.74, 6) is 6.50. The predicted octanol–water partition coefficient (Wildman–Crippen LogP) is 3.71. The maximum atomic E-state index is 13.3. The lowest BCUT2D eigenvalue weighted by Crippen LogP contribution is -2.34. The van der Waals surface area contributed by atoms with Gasteiger partial charge in [-0.25, -0.2) is 4.39 Å². The van der Waals surface area contributed by atoms with Crippen molar-refractivity contribution >= 4 is 5.97 Å². The summed E-state index contributed by atoms with van der Waals surface area (Å²) in [6.07, 6.45) is -0.146. The Kier molecular flexibility index (Phi) is 6.38. The lowest BCUT2D eigenvalue weighted by molar-refractivity contribution is -0.140. The molecule has 6 heteroatoms. The summed E-state index contributed by atoms with van der Waals surface area (Å²) in [5, 5.41) is 0. The first kappa shape index (κ1) is 19.6. The highest BCUT2D eigenvalue weighted by Crippen LogP contribution is 2.32. The van der Waals surface area contributed by atoms with Gasteiger partial charge in [-0.1, -0.05) is 18.1 Å². The van der Waals surface area contributed by atoms with Gasteiger partial charge in [0.05, 0.1) is 19.4 Å². The lowest BCUT2D eigenvalue weighted by Gasteiger charge is -2.26. The summed E-state index contributed by atoms with van der Waals surface area (Å²) in [6.45, 7) is 2.32. The van der Waals surface area contributed by atoms with E-state index in [-0.39, 0.29) is 36.8 Å². The van der Waals surface area contributed by atoms with Gasteiger partial charge in [-0.2, -0.15) is 0 Å². The maximum Gasteiger partial charge on any atom is 0.307 e. The molecule has 0 bridgehead atoms. The molecule has 0 aliphatic carbocycles. The SMILES string of the molecule is CC#C[C@@H](CC(=O)OC)c1ccc(OC[C@H]2COc3ccc(F)cc3O2)cc1. The molecule has 1 aliphatic rings. The fourth-order valence-corrected chi connectivity index (χ4v) is 2.83. The third-order valence-corrected chi connectivity index (χ3v) is 4.26. The number of rotatable bonds is 6. The summed E-state index contributed by atoms with van der Waals surface area (Å²) < 4.78 is 35.1. The van der Waals surface area contributed by atoms with Gasteiger partial charge in [0.2, 0.25) is 0 Å².